The Morgan fingerprint density at radius 2 is 1.76 bits per heavy atom. The van der Waals surface area contributed by atoms with E-state index < -0.39 is 0 Å². The van der Waals surface area contributed by atoms with Crippen LogP contribution in [0.5, 0.6) is 0 Å². The molecule has 25 heavy (non-hydrogen) atoms. The Kier molecular flexibility index (Phi) is 6.24. The van der Waals surface area contributed by atoms with Gasteiger partial charge in [-0.2, -0.15) is 0 Å². The van der Waals surface area contributed by atoms with Crippen molar-refractivity contribution in [3.63, 3.8) is 0 Å². The monoisotopic (exact) mass is 377 g/mol. The standard InChI is InChI=1S/C20H25Cl2N3/c1-24(2)16-9-7-15(8-10-16)20(25-13-4-11-23-12-14-25)17-5-3-6-18(21)19(17)22/h3,5-10,20,23H,4,11-14H2,1-2H3. The molecule has 0 radical (unpaired) electrons. The zero-order chi connectivity index (χ0) is 17.8. The van der Waals surface area contributed by atoms with Gasteiger partial charge in [0.2, 0.25) is 0 Å². The second-order valence-corrected chi connectivity index (χ2v) is 7.46. The zero-order valence-corrected chi connectivity index (χ0v) is 16.3. The van der Waals surface area contributed by atoms with Gasteiger partial charge in [0.15, 0.2) is 0 Å². The Hall–Kier alpha value is -1.26. The summed E-state index contributed by atoms with van der Waals surface area (Å²) in [5.74, 6) is 0. The van der Waals surface area contributed by atoms with Gasteiger partial charge in [0.1, 0.15) is 0 Å². The highest BCUT2D eigenvalue weighted by Gasteiger charge is 2.25. The maximum Gasteiger partial charge on any atom is 0.0643 e. The Morgan fingerprint density at radius 3 is 2.48 bits per heavy atom. The van der Waals surface area contributed by atoms with E-state index in [9.17, 15) is 0 Å². The minimum atomic E-state index is 0.113. The fourth-order valence-corrected chi connectivity index (χ4v) is 3.81. The first-order chi connectivity index (χ1) is 12.1. The van der Waals surface area contributed by atoms with Crippen molar-refractivity contribution in [1.82, 2.24) is 10.2 Å². The van der Waals surface area contributed by atoms with Crippen molar-refractivity contribution in [1.29, 1.82) is 0 Å². The Balaban J connectivity index is 2.03. The smallest absolute Gasteiger partial charge is 0.0643 e. The zero-order valence-electron chi connectivity index (χ0n) is 14.8. The molecule has 1 fully saturated rings. The van der Waals surface area contributed by atoms with E-state index in [1.807, 2.05) is 12.1 Å². The summed E-state index contributed by atoms with van der Waals surface area (Å²) >= 11 is 12.9. The van der Waals surface area contributed by atoms with Crippen LogP contribution in [0.3, 0.4) is 0 Å². The number of rotatable bonds is 4. The van der Waals surface area contributed by atoms with Crippen molar-refractivity contribution < 1.29 is 0 Å². The summed E-state index contributed by atoms with van der Waals surface area (Å²) in [7, 11) is 4.11. The third-order valence-electron chi connectivity index (χ3n) is 4.74. The van der Waals surface area contributed by atoms with Crippen molar-refractivity contribution in [3.8, 4) is 0 Å². The highest BCUT2D eigenvalue weighted by molar-refractivity contribution is 6.42. The van der Waals surface area contributed by atoms with E-state index in [4.69, 9.17) is 23.2 Å². The second-order valence-electron chi connectivity index (χ2n) is 6.67. The molecule has 1 atom stereocenters. The van der Waals surface area contributed by atoms with Gasteiger partial charge >= 0.3 is 0 Å². The highest BCUT2D eigenvalue weighted by Crippen LogP contribution is 2.37. The molecule has 0 spiro atoms. The molecule has 1 aliphatic heterocycles. The average molecular weight is 378 g/mol. The van der Waals surface area contributed by atoms with Crippen LogP contribution < -0.4 is 10.2 Å². The fraction of sp³-hybridized carbons (Fsp3) is 0.400. The Bertz CT molecular complexity index is 693. The molecule has 2 aromatic rings. The summed E-state index contributed by atoms with van der Waals surface area (Å²) < 4.78 is 0. The molecule has 0 saturated carbocycles. The summed E-state index contributed by atoms with van der Waals surface area (Å²) in [6.07, 6.45) is 1.13. The number of nitrogens with one attached hydrogen (secondary N) is 1. The molecule has 134 valence electrons. The van der Waals surface area contributed by atoms with Crippen molar-refractivity contribution in [2.24, 2.45) is 0 Å². The van der Waals surface area contributed by atoms with Crippen LogP contribution in [0.15, 0.2) is 42.5 Å². The number of hydrogen-bond acceptors (Lipinski definition) is 3. The lowest BCUT2D eigenvalue weighted by Gasteiger charge is -2.32. The minimum Gasteiger partial charge on any atom is -0.378 e. The molecule has 1 heterocycles. The molecular weight excluding hydrogens is 353 g/mol. The summed E-state index contributed by atoms with van der Waals surface area (Å²) in [5.41, 5.74) is 3.52. The van der Waals surface area contributed by atoms with E-state index in [2.05, 4.69) is 59.5 Å². The molecular formula is C20H25Cl2N3. The molecule has 2 aromatic carbocycles. The molecule has 0 bridgehead atoms. The van der Waals surface area contributed by atoms with Crippen LogP contribution >= 0.6 is 23.2 Å². The molecule has 3 nitrogen and oxygen atoms in total. The predicted octanol–water partition coefficient (Wildman–Crippen LogP) is 4.44. The summed E-state index contributed by atoms with van der Waals surface area (Å²) in [5, 5.41) is 4.75. The van der Waals surface area contributed by atoms with E-state index in [0.717, 1.165) is 38.2 Å². The third kappa shape index (κ3) is 4.29. The lowest BCUT2D eigenvalue weighted by atomic mass is 9.96. The molecule has 1 saturated heterocycles. The molecule has 1 unspecified atom stereocenters. The van der Waals surface area contributed by atoms with Gasteiger partial charge in [0, 0.05) is 39.4 Å². The van der Waals surface area contributed by atoms with Gasteiger partial charge in [-0.05, 0) is 42.3 Å². The van der Waals surface area contributed by atoms with Gasteiger partial charge in [0.05, 0.1) is 16.1 Å². The van der Waals surface area contributed by atoms with E-state index in [1.54, 1.807) is 0 Å². The van der Waals surface area contributed by atoms with Gasteiger partial charge < -0.3 is 10.2 Å². The number of halogens is 2. The van der Waals surface area contributed by atoms with Gasteiger partial charge in [-0.1, -0.05) is 47.5 Å². The lowest BCUT2D eigenvalue weighted by Crippen LogP contribution is -2.33. The van der Waals surface area contributed by atoms with Crippen LogP contribution in [0.25, 0.3) is 0 Å². The number of nitrogens with zero attached hydrogens (tertiary/aromatic N) is 2. The van der Waals surface area contributed by atoms with E-state index >= 15 is 0 Å². The first-order valence-corrected chi connectivity index (χ1v) is 9.49. The number of anilines is 1. The second kappa shape index (κ2) is 8.41. The number of benzene rings is 2. The normalized spacial score (nSPS) is 17.1. The molecule has 0 aromatic heterocycles. The van der Waals surface area contributed by atoms with Crippen molar-refractivity contribution in [3.05, 3.63) is 63.6 Å². The fourth-order valence-electron chi connectivity index (χ4n) is 3.40. The molecule has 0 amide bonds. The average Bonchev–Trinajstić information content (AvgIpc) is 2.89. The topological polar surface area (TPSA) is 18.5 Å². The van der Waals surface area contributed by atoms with Crippen LogP contribution in [0.2, 0.25) is 10.0 Å². The molecule has 1 aliphatic rings. The van der Waals surface area contributed by atoms with Crippen LogP contribution in [-0.4, -0.2) is 45.2 Å². The van der Waals surface area contributed by atoms with Gasteiger partial charge in [0.25, 0.3) is 0 Å². The molecule has 1 N–H and O–H groups in total. The molecule has 5 heteroatoms. The van der Waals surface area contributed by atoms with Crippen molar-refractivity contribution in [2.45, 2.75) is 12.5 Å². The van der Waals surface area contributed by atoms with Crippen LogP contribution in [0, 0.1) is 0 Å². The predicted molar refractivity (Wildman–Crippen MR) is 108 cm³/mol. The van der Waals surface area contributed by atoms with Gasteiger partial charge in [-0.15, -0.1) is 0 Å². The van der Waals surface area contributed by atoms with Crippen LogP contribution in [0.4, 0.5) is 5.69 Å². The van der Waals surface area contributed by atoms with Gasteiger partial charge in [-0.3, -0.25) is 4.90 Å². The first kappa shape index (κ1) is 18.5. The summed E-state index contributed by atoms with van der Waals surface area (Å²) in [6.45, 7) is 4.08. The number of hydrogen-bond donors (Lipinski definition) is 1. The maximum absolute atomic E-state index is 6.60. The lowest BCUT2D eigenvalue weighted by molar-refractivity contribution is 0.241. The van der Waals surface area contributed by atoms with E-state index in [-0.39, 0.29) is 6.04 Å². The van der Waals surface area contributed by atoms with Crippen LogP contribution in [0.1, 0.15) is 23.6 Å². The van der Waals surface area contributed by atoms with E-state index in [0.29, 0.717) is 10.0 Å². The maximum atomic E-state index is 6.60. The quantitative estimate of drug-likeness (QED) is 0.849. The Morgan fingerprint density at radius 1 is 1.00 bits per heavy atom. The largest absolute Gasteiger partial charge is 0.378 e. The third-order valence-corrected chi connectivity index (χ3v) is 5.57. The van der Waals surface area contributed by atoms with Crippen molar-refractivity contribution in [2.75, 3.05) is 45.2 Å². The Labute approximate surface area is 160 Å². The molecule has 3 rings (SSSR count). The summed E-state index contributed by atoms with van der Waals surface area (Å²) in [6, 6.07) is 14.8. The SMILES string of the molecule is CN(C)c1ccc(C(c2cccc(Cl)c2Cl)N2CCCNCC2)cc1. The molecule has 0 aliphatic carbocycles. The van der Waals surface area contributed by atoms with Crippen molar-refractivity contribution >= 4 is 28.9 Å². The minimum absolute atomic E-state index is 0.113. The van der Waals surface area contributed by atoms with Crippen LogP contribution in [-0.2, 0) is 0 Å². The highest BCUT2D eigenvalue weighted by atomic mass is 35.5. The first-order valence-electron chi connectivity index (χ1n) is 8.74. The van der Waals surface area contributed by atoms with Gasteiger partial charge in [-0.25, -0.2) is 0 Å². The van der Waals surface area contributed by atoms with E-state index in [1.165, 1.54) is 11.3 Å². The summed E-state index contributed by atoms with van der Waals surface area (Å²) in [4.78, 5) is 4.61.